The van der Waals surface area contributed by atoms with E-state index in [-0.39, 0.29) is 59.8 Å². The normalized spacial score (nSPS) is 18.2. The fourth-order valence-electron chi connectivity index (χ4n) is 3.87. The Morgan fingerprint density at radius 3 is 2.57 bits per heavy atom. The molecule has 0 bridgehead atoms. The number of hydrogen-bond donors (Lipinski definition) is 2. The Balaban J connectivity index is 1.58. The van der Waals surface area contributed by atoms with Crippen LogP contribution in [0.3, 0.4) is 0 Å². The third kappa shape index (κ3) is 7.63. The summed E-state index contributed by atoms with van der Waals surface area (Å²) in [5, 5.41) is 11.5. The number of halogens is 2. The van der Waals surface area contributed by atoms with Crippen molar-refractivity contribution in [1.82, 2.24) is 14.8 Å². The lowest BCUT2D eigenvalue weighted by atomic mass is 10.1. The Bertz CT molecular complexity index is 1070. The molecule has 1 aromatic heterocycles. The lowest BCUT2D eigenvalue weighted by Gasteiger charge is -2.44. The molecule has 1 fully saturated rings. The molecule has 188 valence electrons. The number of carboxylic acids is 1. The molecule has 11 heteroatoms. The van der Waals surface area contributed by atoms with Crippen molar-refractivity contribution in [3.05, 3.63) is 52.9 Å². The number of carbonyl (C=O) groups is 3. The quantitative estimate of drug-likeness (QED) is 0.537. The minimum absolute atomic E-state index is 0.0158. The van der Waals surface area contributed by atoms with Gasteiger partial charge in [-0.25, -0.2) is 9.37 Å². The third-order valence-corrected chi connectivity index (χ3v) is 5.93. The number of nitrogens with zero attached hydrogens (tertiary/aromatic N) is 3. The van der Waals surface area contributed by atoms with Gasteiger partial charge in [0.1, 0.15) is 11.5 Å². The fourth-order valence-corrected chi connectivity index (χ4v) is 4.03. The van der Waals surface area contributed by atoms with Gasteiger partial charge in [0.25, 0.3) is 5.91 Å². The van der Waals surface area contributed by atoms with E-state index in [0.717, 1.165) is 5.56 Å². The lowest BCUT2D eigenvalue weighted by molar-refractivity contribution is -0.139. The van der Waals surface area contributed by atoms with Gasteiger partial charge in [0.15, 0.2) is 6.61 Å². The smallest absolute Gasteiger partial charge is 0.303 e. The molecule has 2 atom stereocenters. The maximum atomic E-state index is 13.2. The average Bonchev–Trinajstić information content (AvgIpc) is 2.80. The van der Waals surface area contributed by atoms with Gasteiger partial charge in [0, 0.05) is 44.3 Å². The Hall–Kier alpha value is -3.24. The van der Waals surface area contributed by atoms with Crippen LogP contribution < -0.4 is 10.1 Å². The number of carboxylic acid groups (broad SMARTS) is 1. The zero-order chi connectivity index (χ0) is 25.5. The second-order valence-electron chi connectivity index (χ2n) is 8.54. The van der Waals surface area contributed by atoms with E-state index in [1.54, 1.807) is 17.0 Å². The molecule has 2 unspecified atom stereocenters. The van der Waals surface area contributed by atoms with Gasteiger partial charge >= 0.3 is 5.97 Å². The Morgan fingerprint density at radius 1 is 1.17 bits per heavy atom. The lowest BCUT2D eigenvalue weighted by Crippen LogP contribution is -2.58. The van der Waals surface area contributed by atoms with Gasteiger partial charge in [0.05, 0.1) is 11.4 Å². The van der Waals surface area contributed by atoms with Crippen molar-refractivity contribution in [2.24, 2.45) is 0 Å². The summed E-state index contributed by atoms with van der Waals surface area (Å²) in [6.45, 7) is 5.50. The van der Waals surface area contributed by atoms with Crippen LogP contribution in [0.5, 0.6) is 5.88 Å². The van der Waals surface area contributed by atoms with E-state index in [2.05, 4.69) is 15.2 Å². The number of nitrogens with one attached hydrogen (secondary N) is 1. The zero-order valence-electron chi connectivity index (χ0n) is 19.5. The van der Waals surface area contributed by atoms with E-state index < -0.39 is 11.9 Å². The highest BCUT2D eigenvalue weighted by Gasteiger charge is 2.32. The van der Waals surface area contributed by atoms with Crippen molar-refractivity contribution in [2.75, 3.05) is 25.0 Å². The highest BCUT2D eigenvalue weighted by Crippen LogP contribution is 2.26. The van der Waals surface area contributed by atoms with Crippen LogP contribution in [0, 0.1) is 5.82 Å². The number of piperazine rings is 1. The first kappa shape index (κ1) is 26.4. The largest absolute Gasteiger partial charge is 0.481 e. The van der Waals surface area contributed by atoms with Crippen molar-refractivity contribution in [3.8, 4) is 5.88 Å². The number of aromatic nitrogens is 1. The summed E-state index contributed by atoms with van der Waals surface area (Å²) in [6, 6.07) is 7.83. The number of ether oxygens (including phenoxy) is 1. The molecule has 0 saturated carbocycles. The monoisotopic (exact) mass is 506 g/mol. The Morgan fingerprint density at radius 2 is 1.89 bits per heavy atom. The van der Waals surface area contributed by atoms with Crippen LogP contribution in [-0.2, 0) is 20.9 Å². The molecule has 3 rings (SSSR count). The minimum Gasteiger partial charge on any atom is -0.481 e. The van der Waals surface area contributed by atoms with Gasteiger partial charge in [0.2, 0.25) is 11.8 Å². The second kappa shape index (κ2) is 11.9. The summed E-state index contributed by atoms with van der Waals surface area (Å²) in [6.07, 6.45) is 0.780. The summed E-state index contributed by atoms with van der Waals surface area (Å²) < 4.78 is 18.8. The molecule has 2 aromatic rings. The van der Waals surface area contributed by atoms with Gasteiger partial charge in [-0.05, 0) is 37.6 Å². The summed E-state index contributed by atoms with van der Waals surface area (Å²) in [5.41, 5.74) is 1.16. The van der Waals surface area contributed by atoms with Crippen LogP contribution in [0.2, 0.25) is 5.02 Å². The molecule has 1 saturated heterocycles. The van der Waals surface area contributed by atoms with Crippen LogP contribution in [-0.4, -0.2) is 69.5 Å². The van der Waals surface area contributed by atoms with Crippen molar-refractivity contribution >= 4 is 35.1 Å². The van der Waals surface area contributed by atoms with Crippen LogP contribution in [0.1, 0.15) is 32.3 Å². The molecule has 1 aromatic carbocycles. The summed E-state index contributed by atoms with van der Waals surface area (Å²) >= 11 is 5.96. The van der Waals surface area contributed by atoms with E-state index >= 15 is 0 Å². The first-order valence-electron chi connectivity index (χ1n) is 11.2. The summed E-state index contributed by atoms with van der Waals surface area (Å²) in [7, 11) is 0. The predicted molar refractivity (Wildman–Crippen MR) is 128 cm³/mol. The summed E-state index contributed by atoms with van der Waals surface area (Å²) in [4.78, 5) is 43.7. The third-order valence-electron chi connectivity index (χ3n) is 5.72. The molecule has 9 nitrogen and oxygen atoms in total. The number of benzene rings is 1. The van der Waals surface area contributed by atoms with Crippen LogP contribution >= 0.6 is 11.6 Å². The molecule has 2 heterocycles. The molecule has 2 N–H and O–H groups in total. The van der Waals surface area contributed by atoms with Crippen LogP contribution in [0.25, 0.3) is 0 Å². The molecule has 0 spiro atoms. The first-order valence-corrected chi connectivity index (χ1v) is 11.6. The fraction of sp³-hybridized carbons (Fsp3) is 0.417. The maximum absolute atomic E-state index is 13.2. The number of aliphatic carboxylic acids is 1. The van der Waals surface area contributed by atoms with Crippen LogP contribution in [0.4, 0.5) is 10.1 Å². The molecular weight excluding hydrogens is 479 g/mol. The van der Waals surface area contributed by atoms with Crippen molar-refractivity contribution in [2.45, 2.75) is 45.3 Å². The first-order chi connectivity index (χ1) is 16.6. The zero-order valence-corrected chi connectivity index (χ0v) is 20.3. The number of rotatable bonds is 9. The number of pyridine rings is 1. The summed E-state index contributed by atoms with van der Waals surface area (Å²) in [5.74, 6) is -2.11. The van der Waals surface area contributed by atoms with E-state index in [9.17, 15) is 18.8 Å². The number of amides is 2. The molecule has 2 amide bonds. The Labute approximate surface area is 207 Å². The molecule has 0 aliphatic carbocycles. The highest BCUT2D eigenvalue weighted by molar-refractivity contribution is 6.30. The van der Waals surface area contributed by atoms with Gasteiger partial charge in [-0.3, -0.25) is 19.3 Å². The van der Waals surface area contributed by atoms with Crippen molar-refractivity contribution < 1.29 is 28.6 Å². The highest BCUT2D eigenvalue weighted by atomic mass is 35.5. The van der Waals surface area contributed by atoms with E-state index in [0.29, 0.717) is 19.6 Å². The van der Waals surface area contributed by atoms with Gasteiger partial charge in [-0.15, -0.1) is 0 Å². The van der Waals surface area contributed by atoms with E-state index in [1.807, 2.05) is 13.8 Å². The average molecular weight is 507 g/mol. The molecule has 0 radical (unpaired) electrons. The predicted octanol–water partition coefficient (Wildman–Crippen LogP) is 3.18. The minimum atomic E-state index is -1.09. The molecule has 1 aliphatic heterocycles. The maximum Gasteiger partial charge on any atom is 0.303 e. The Kier molecular flexibility index (Phi) is 9.00. The SMILES string of the molecule is CC1CN(C(=O)COc2ncc(Cl)cc2NC(=O)CCC(=O)O)C(C)CN1Cc1ccc(F)cc1. The number of hydrogen-bond acceptors (Lipinski definition) is 6. The van der Waals surface area contributed by atoms with Gasteiger partial charge < -0.3 is 20.1 Å². The van der Waals surface area contributed by atoms with Gasteiger partial charge in [-0.1, -0.05) is 23.7 Å². The number of carbonyl (C=O) groups excluding carboxylic acids is 2. The molecule has 35 heavy (non-hydrogen) atoms. The van der Waals surface area contributed by atoms with E-state index in [1.165, 1.54) is 24.4 Å². The number of anilines is 1. The second-order valence-corrected chi connectivity index (χ2v) is 8.97. The molecule has 1 aliphatic rings. The van der Waals surface area contributed by atoms with Gasteiger partial charge in [-0.2, -0.15) is 0 Å². The van der Waals surface area contributed by atoms with Crippen molar-refractivity contribution in [3.63, 3.8) is 0 Å². The standard InChI is InChI=1S/C24H28ClFN4O5/c1-15-12-30(16(2)11-29(15)13-17-3-5-19(26)6-4-17)22(32)14-35-24-20(9-18(25)10-27-24)28-21(31)7-8-23(33)34/h3-6,9-10,15-16H,7-8,11-14H2,1-2H3,(H,28,31)(H,33,34). The topological polar surface area (TPSA) is 112 Å². The van der Waals surface area contributed by atoms with Crippen molar-refractivity contribution in [1.29, 1.82) is 0 Å². The van der Waals surface area contributed by atoms with Crippen LogP contribution in [0.15, 0.2) is 36.5 Å². The van der Waals surface area contributed by atoms with E-state index in [4.69, 9.17) is 21.4 Å². The molecular formula is C24H28ClFN4O5.